The SMILES string of the molecule is CCCCO[C@H]1C(c2cc(Br)ccc2O[C@@H](C)C(=O)OC)=NO[C@H]1C. The number of esters is 1. The minimum absolute atomic E-state index is 0.184. The van der Waals surface area contributed by atoms with Gasteiger partial charge in [0, 0.05) is 16.6 Å². The number of nitrogens with zero attached hydrogens (tertiary/aromatic N) is 1. The van der Waals surface area contributed by atoms with Crippen LogP contribution >= 0.6 is 15.9 Å². The van der Waals surface area contributed by atoms with Crippen molar-refractivity contribution in [3.8, 4) is 5.75 Å². The highest BCUT2D eigenvalue weighted by atomic mass is 79.9. The summed E-state index contributed by atoms with van der Waals surface area (Å²) in [5, 5.41) is 4.20. The van der Waals surface area contributed by atoms with E-state index in [1.54, 1.807) is 13.0 Å². The quantitative estimate of drug-likeness (QED) is 0.480. The minimum atomic E-state index is -0.732. The molecule has 3 atom stereocenters. The number of methoxy groups -OCH3 is 1. The van der Waals surface area contributed by atoms with Gasteiger partial charge in [-0.1, -0.05) is 34.4 Å². The lowest BCUT2D eigenvalue weighted by atomic mass is 10.0. The van der Waals surface area contributed by atoms with Crippen molar-refractivity contribution in [1.29, 1.82) is 0 Å². The number of rotatable bonds is 8. The van der Waals surface area contributed by atoms with E-state index >= 15 is 0 Å². The standard InChI is InChI=1S/C18H24BrNO5/c1-5-6-9-23-17-11(2)25-20-16(17)14-10-13(19)7-8-15(14)24-12(3)18(21)22-4/h7-8,10-12,17H,5-6,9H2,1-4H3/t11-,12-,17+/m0/s1. The molecule has 6 nitrogen and oxygen atoms in total. The molecular formula is C18H24BrNO5. The van der Waals surface area contributed by atoms with Crippen LogP contribution in [0.2, 0.25) is 0 Å². The number of carbonyl (C=O) groups excluding carboxylic acids is 1. The molecule has 0 unspecified atom stereocenters. The molecule has 1 aromatic carbocycles. The lowest BCUT2D eigenvalue weighted by molar-refractivity contribution is -0.147. The summed E-state index contributed by atoms with van der Waals surface area (Å²) in [6, 6.07) is 5.51. The summed E-state index contributed by atoms with van der Waals surface area (Å²) in [6.07, 6.45) is 0.826. The summed E-state index contributed by atoms with van der Waals surface area (Å²) >= 11 is 3.47. The fraction of sp³-hybridized carbons (Fsp3) is 0.556. The fourth-order valence-electron chi connectivity index (χ4n) is 2.45. The molecule has 7 heteroatoms. The third-order valence-electron chi connectivity index (χ3n) is 3.86. The first kappa shape index (κ1) is 19.7. The number of halogens is 1. The van der Waals surface area contributed by atoms with E-state index in [0.717, 1.165) is 22.9 Å². The molecule has 138 valence electrons. The number of ether oxygens (including phenoxy) is 3. The Bertz CT molecular complexity index is 634. The number of carbonyl (C=O) groups is 1. The van der Waals surface area contributed by atoms with Gasteiger partial charge in [0.05, 0.1) is 7.11 Å². The van der Waals surface area contributed by atoms with Crippen molar-refractivity contribution >= 4 is 27.6 Å². The minimum Gasteiger partial charge on any atom is -0.478 e. The van der Waals surface area contributed by atoms with Gasteiger partial charge in [-0.2, -0.15) is 0 Å². The van der Waals surface area contributed by atoms with Crippen molar-refractivity contribution in [3.05, 3.63) is 28.2 Å². The van der Waals surface area contributed by atoms with E-state index in [1.165, 1.54) is 7.11 Å². The van der Waals surface area contributed by atoms with Crippen LogP contribution in [0.3, 0.4) is 0 Å². The molecule has 25 heavy (non-hydrogen) atoms. The molecule has 0 saturated carbocycles. The average molecular weight is 414 g/mol. The van der Waals surface area contributed by atoms with E-state index in [1.807, 2.05) is 19.1 Å². The maximum atomic E-state index is 11.7. The third-order valence-corrected chi connectivity index (χ3v) is 4.36. The van der Waals surface area contributed by atoms with E-state index in [9.17, 15) is 4.79 Å². The van der Waals surface area contributed by atoms with E-state index in [4.69, 9.17) is 19.0 Å². The fourth-order valence-corrected chi connectivity index (χ4v) is 2.81. The predicted octanol–water partition coefficient (Wildman–Crippen LogP) is 3.70. The number of unbranched alkanes of at least 4 members (excludes halogenated alkanes) is 1. The van der Waals surface area contributed by atoms with Gasteiger partial charge in [-0.05, 0) is 38.5 Å². The average Bonchev–Trinajstić information content (AvgIpc) is 2.96. The number of oxime groups is 1. The van der Waals surface area contributed by atoms with Crippen molar-refractivity contribution in [3.63, 3.8) is 0 Å². The second kappa shape index (κ2) is 9.20. The highest BCUT2D eigenvalue weighted by molar-refractivity contribution is 9.10. The maximum Gasteiger partial charge on any atom is 0.346 e. The molecular weight excluding hydrogens is 390 g/mol. The Morgan fingerprint density at radius 1 is 1.44 bits per heavy atom. The van der Waals surface area contributed by atoms with E-state index in [-0.39, 0.29) is 12.2 Å². The second-order valence-electron chi connectivity index (χ2n) is 5.86. The Kier molecular flexibility index (Phi) is 7.25. The topological polar surface area (TPSA) is 66.4 Å². The molecule has 1 aliphatic rings. The summed E-state index contributed by atoms with van der Waals surface area (Å²) in [7, 11) is 1.33. The van der Waals surface area contributed by atoms with Crippen molar-refractivity contribution < 1.29 is 23.8 Å². The van der Waals surface area contributed by atoms with Gasteiger partial charge in [0.15, 0.2) is 12.2 Å². The molecule has 1 aliphatic heterocycles. The molecule has 0 N–H and O–H groups in total. The maximum absolute atomic E-state index is 11.7. The van der Waals surface area contributed by atoms with Gasteiger partial charge in [-0.15, -0.1) is 0 Å². The van der Waals surface area contributed by atoms with Crippen LogP contribution in [0.4, 0.5) is 0 Å². The zero-order valence-electron chi connectivity index (χ0n) is 15.0. The van der Waals surface area contributed by atoms with Gasteiger partial charge in [0.2, 0.25) is 0 Å². The van der Waals surface area contributed by atoms with Crippen molar-refractivity contribution in [2.75, 3.05) is 13.7 Å². The summed E-state index contributed by atoms with van der Waals surface area (Å²) in [5.41, 5.74) is 1.40. The van der Waals surface area contributed by atoms with Crippen LogP contribution in [0.25, 0.3) is 0 Å². The Labute approximate surface area is 156 Å². The molecule has 0 aromatic heterocycles. The van der Waals surface area contributed by atoms with E-state index in [2.05, 4.69) is 28.0 Å². The molecule has 0 aliphatic carbocycles. The highest BCUT2D eigenvalue weighted by Gasteiger charge is 2.34. The van der Waals surface area contributed by atoms with Gasteiger partial charge < -0.3 is 19.0 Å². The van der Waals surface area contributed by atoms with Crippen LogP contribution in [0.5, 0.6) is 5.75 Å². The third kappa shape index (κ3) is 4.95. The highest BCUT2D eigenvalue weighted by Crippen LogP contribution is 2.30. The normalized spacial score (nSPS) is 20.6. The number of benzene rings is 1. The number of hydrogen-bond donors (Lipinski definition) is 0. The van der Waals surface area contributed by atoms with Crippen LogP contribution < -0.4 is 4.74 Å². The van der Waals surface area contributed by atoms with Crippen LogP contribution in [-0.4, -0.2) is 43.7 Å². The molecule has 0 radical (unpaired) electrons. The summed E-state index contributed by atoms with van der Waals surface area (Å²) in [4.78, 5) is 17.1. The van der Waals surface area contributed by atoms with Crippen LogP contribution in [-0.2, 0) is 19.1 Å². The molecule has 0 amide bonds. The van der Waals surface area contributed by atoms with E-state index in [0.29, 0.717) is 18.1 Å². The smallest absolute Gasteiger partial charge is 0.346 e. The summed E-state index contributed by atoms with van der Waals surface area (Å²) < 4.78 is 17.4. The van der Waals surface area contributed by atoms with Crippen molar-refractivity contribution in [2.24, 2.45) is 5.16 Å². The van der Waals surface area contributed by atoms with Crippen LogP contribution in [0.1, 0.15) is 39.2 Å². The lowest BCUT2D eigenvalue weighted by Crippen LogP contribution is -2.32. The molecule has 0 fully saturated rings. The van der Waals surface area contributed by atoms with Crippen LogP contribution in [0.15, 0.2) is 27.8 Å². The Hall–Kier alpha value is -1.60. The zero-order valence-corrected chi connectivity index (χ0v) is 16.5. The Morgan fingerprint density at radius 3 is 2.88 bits per heavy atom. The van der Waals surface area contributed by atoms with Gasteiger partial charge in [0.25, 0.3) is 0 Å². The van der Waals surface area contributed by atoms with Gasteiger partial charge in [0.1, 0.15) is 17.6 Å². The largest absolute Gasteiger partial charge is 0.478 e. The number of hydrogen-bond acceptors (Lipinski definition) is 6. The molecule has 0 saturated heterocycles. The van der Waals surface area contributed by atoms with Gasteiger partial charge in [-0.3, -0.25) is 0 Å². The van der Waals surface area contributed by atoms with Crippen LogP contribution in [0, 0.1) is 0 Å². The first-order valence-corrected chi connectivity index (χ1v) is 9.17. The summed E-state index contributed by atoms with van der Waals surface area (Å²) in [5.74, 6) is 0.0873. The van der Waals surface area contributed by atoms with E-state index < -0.39 is 12.1 Å². The first-order valence-electron chi connectivity index (χ1n) is 8.37. The Morgan fingerprint density at radius 2 is 2.20 bits per heavy atom. The molecule has 0 spiro atoms. The van der Waals surface area contributed by atoms with Gasteiger partial charge in [-0.25, -0.2) is 4.79 Å². The molecule has 1 heterocycles. The zero-order chi connectivity index (χ0) is 18.4. The Balaban J connectivity index is 2.27. The lowest BCUT2D eigenvalue weighted by Gasteiger charge is -2.20. The molecule has 1 aromatic rings. The van der Waals surface area contributed by atoms with Crippen molar-refractivity contribution in [1.82, 2.24) is 0 Å². The first-order chi connectivity index (χ1) is 12.0. The second-order valence-corrected chi connectivity index (χ2v) is 6.77. The van der Waals surface area contributed by atoms with Gasteiger partial charge >= 0.3 is 5.97 Å². The predicted molar refractivity (Wildman–Crippen MR) is 98.0 cm³/mol. The molecule has 0 bridgehead atoms. The summed E-state index contributed by atoms with van der Waals surface area (Å²) in [6.45, 7) is 6.31. The monoisotopic (exact) mass is 413 g/mol. The van der Waals surface area contributed by atoms with Crippen molar-refractivity contribution in [2.45, 2.75) is 51.9 Å². The molecule has 2 rings (SSSR count).